The third-order valence-electron chi connectivity index (χ3n) is 3.87. The fraction of sp³-hybridized carbons (Fsp3) is 0.350. The predicted octanol–water partition coefficient (Wildman–Crippen LogP) is 4.77. The van der Waals surface area contributed by atoms with E-state index in [9.17, 15) is 4.79 Å². The summed E-state index contributed by atoms with van der Waals surface area (Å²) in [4.78, 5) is 12.7. The maximum Gasteiger partial charge on any atom is 0.265 e. The lowest BCUT2D eigenvalue weighted by atomic mass is 10.1. The number of rotatable bonds is 7. The van der Waals surface area contributed by atoms with Gasteiger partial charge in [-0.05, 0) is 43.5 Å². The van der Waals surface area contributed by atoms with E-state index in [0.29, 0.717) is 34.4 Å². The highest BCUT2D eigenvalue weighted by Crippen LogP contribution is 2.36. The molecule has 0 saturated heterocycles. The number of hydrogen-bond acceptors (Lipinski definition) is 4. The van der Waals surface area contributed by atoms with Crippen molar-refractivity contribution < 1.29 is 19.0 Å². The molecule has 2 rings (SSSR count). The van der Waals surface area contributed by atoms with Gasteiger partial charge in [0.2, 0.25) is 0 Å². The third kappa shape index (κ3) is 4.82. The van der Waals surface area contributed by atoms with Gasteiger partial charge >= 0.3 is 0 Å². The van der Waals surface area contributed by atoms with Gasteiger partial charge in [-0.15, -0.1) is 0 Å². The molecule has 0 aliphatic rings. The van der Waals surface area contributed by atoms with E-state index in [1.165, 1.54) is 14.2 Å². The number of aryl methyl sites for hydroxylation is 2. The minimum atomic E-state index is -0.637. The smallest absolute Gasteiger partial charge is 0.265 e. The van der Waals surface area contributed by atoms with Crippen LogP contribution in [0.2, 0.25) is 5.02 Å². The Balaban J connectivity index is 2.21. The van der Waals surface area contributed by atoms with Gasteiger partial charge in [-0.2, -0.15) is 0 Å². The normalized spacial score (nSPS) is 11.6. The van der Waals surface area contributed by atoms with Crippen molar-refractivity contribution in [3.05, 3.63) is 46.5 Å². The van der Waals surface area contributed by atoms with Crippen molar-refractivity contribution in [1.82, 2.24) is 0 Å². The Hall–Kier alpha value is -2.40. The highest BCUT2D eigenvalue weighted by molar-refractivity contribution is 6.32. The Labute approximate surface area is 159 Å². The first-order valence-electron chi connectivity index (χ1n) is 8.35. The zero-order chi connectivity index (χ0) is 19.3. The largest absolute Gasteiger partial charge is 0.495 e. The van der Waals surface area contributed by atoms with Crippen LogP contribution in [0.5, 0.6) is 17.2 Å². The fourth-order valence-corrected chi connectivity index (χ4v) is 2.89. The van der Waals surface area contributed by atoms with Gasteiger partial charge in [0, 0.05) is 12.1 Å². The average molecular weight is 378 g/mol. The molecule has 2 aromatic rings. The molecule has 2 aromatic carbocycles. The zero-order valence-electron chi connectivity index (χ0n) is 15.7. The van der Waals surface area contributed by atoms with Crippen molar-refractivity contribution in [2.45, 2.75) is 33.3 Å². The minimum absolute atomic E-state index is 0.269. The number of amides is 1. The van der Waals surface area contributed by atoms with Crippen molar-refractivity contribution in [1.29, 1.82) is 0 Å². The van der Waals surface area contributed by atoms with Crippen LogP contribution >= 0.6 is 11.6 Å². The molecule has 0 aromatic heterocycles. The second-order valence-corrected chi connectivity index (χ2v) is 6.42. The number of anilines is 1. The molecule has 1 N–H and O–H groups in total. The van der Waals surface area contributed by atoms with Crippen LogP contribution in [0.15, 0.2) is 30.3 Å². The van der Waals surface area contributed by atoms with Crippen molar-refractivity contribution in [3.63, 3.8) is 0 Å². The lowest BCUT2D eigenvalue weighted by Gasteiger charge is -2.19. The molecular formula is C20H24ClNO4. The van der Waals surface area contributed by atoms with E-state index in [-0.39, 0.29) is 5.91 Å². The van der Waals surface area contributed by atoms with Crippen LogP contribution in [-0.2, 0) is 4.79 Å². The first-order chi connectivity index (χ1) is 12.4. The lowest BCUT2D eigenvalue weighted by Crippen LogP contribution is -2.32. The number of ether oxygens (including phenoxy) is 3. The molecular weight excluding hydrogens is 354 g/mol. The second kappa shape index (κ2) is 8.81. The topological polar surface area (TPSA) is 56.8 Å². The number of halogens is 1. The molecule has 140 valence electrons. The second-order valence-electron chi connectivity index (χ2n) is 6.01. The molecule has 1 atom stereocenters. The Morgan fingerprint density at radius 1 is 1.04 bits per heavy atom. The van der Waals surface area contributed by atoms with Crippen LogP contribution in [0, 0.1) is 13.8 Å². The summed E-state index contributed by atoms with van der Waals surface area (Å²) < 4.78 is 16.4. The summed E-state index contributed by atoms with van der Waals surface area (Å²) in [6, 6.07) is 9.10. The summed E-state index contributed by atoms with van der Waals surface area (Å²) in [5.74, 6) is 1.30. The van der Waals surface area contributed by atoms with Gasteiger partial charge in [-0.1, -0.05) is 24.6 Å². The molecule has 0 fully saturated rings. The molecule has 0 radical (unpaired) electrons. The van der Waals surface area contributed by atoms with Gasteiger partial charge in [0.1, 0.15) is 17.2 Å². The van der Waals surface area contributed by atoms with Crippen molar-refractivity contribution in [2.75, 3.05) is 19.5 Å². The Bertz CT molecular complexity index is 771. The van der Waals surface area contributed by atoms with E-state index in [1.807, 2.05) is 32.9 Å². The van der Waals surface area contributed by atoms with E-state index < -0.39 is 6.10 Å². The van der Waals surface area contributed by atoms with Gasteiger partial charge in [-0.3, -0.25) is 4.79 Å². The predicted molar refractivity (Wildman–Crippen MR) is 104 cm³/mol. The Morgan fingerprint density at radius 3 is 2.19 bits per heavy atom. The van der Waals surface area contributed by atoms with Crippen molar-refractivity contribution >= 4 is 23.2 Å². The van der Waals surface area contributed by atoms with Crippen LogP contribution in [0.25, 0.3) is 0 Å². The van der Waals surface area contributed by atoms with Crippen LogP contribution in [-0.4, -0.2) is 26.2 Å². The lowest BCUT2D eigenvalue weighted by molar-refractivity contribution is -0.122. The number of carbonyl (C=O) groups excluding carboxylic acids is 1. The van der Waals surface area contributed by atoms with Gasteiger partial charge in [0.15, 0.2) is 6.10 Å². The molecule has 0 saturated carbocycles. The van der Waals surface area contributed by atoms with Crippen LogP contribution < -0.4 is 19.5 Å². The fourth-order valence-electron chi connectivity index (χ4n) is 2.66. The molecule has 0 aliphatic carbocycles. The number of methoxy groups -OCH3 is 2. The first-order valence-corrected chi connectivity index (χ1v) is 8.73. The highest BCUT2D eigenvalue weighted by Gasteiger charge is 2.21. The summed E-state index contributed by atoms with van der Waals surface area (Å²) >= 11 is 6.10. The van der Waals surface area contributed by atoms with E-state index in [4.69, 9.17) is 25.8 Å². The SMILES string of the molecule is CCC(Oc1cc(C)cc(C)c1)C(=O)Nc1cc(OC)c(Cl)cc1OC. The van der Waals surface area contributed by atoms with Gasteiger partial charge in [0.25, 0.3) is 5.91 Å². The van der Waals surface area contributed by atoms with Crippen molar-refractivity contribution in [3.8, 4) is 17.2 Å². The molecule has 1 amide bonds. The number of nitrogens with one attached hydrogen (secondary N) is 1. The maximum absolute atomic E-state index is 12.7. The Morgan fingerprint density at radius 2 is 1.65 bits per heavy atom. The Kier molecular flexibility index (Phi) is 6.75. The van der Waals surface area contributed by atoms with E-state index in [0.717, 1.165) is 11.1 Å². The molecule has 0 spiro atoms. The quantitative estimate of drug-likeness (QED) is 0.755. The van der Waals surface area contributed by atoms with Crippen LogP contribution in [0.1, 0.15) is 24.5 Å². The number of hydrogen-bond donors (Lipinski definition) is 1. The summed E-state index contributed by atoms with van der Waals surface area (Å²) in [6.07, 6.45) is -0.117. The molecule has 0 bridgehead atoms. The van der Waals surface area contributed by atoms with Crippen molar-refractivity contribution in [2.24, 2.45) is 0 Å². The van der Waals surface area contributed by atoms with E-state index in [1.54, 1.807) is 12.1 Å². The first kappa shape index (κ1) is 19.9. The van der Waals surface area contributed by atoms with Crippen LogP contribution in [0.3, 0.4) is 0 Å². The highest BCUT2D eigenvalue weighted by atomic mass is 35.5. The summed E-state index contributed by atoms with van der Waals surface area (Å²) in [5, 5.41) is 3.24. The van der Waals surface area contributed by atoms with Gasteiger partial charge in [0.05, 0.1) is 24.9 Å². The monoisotopic (exact) mass is 377 g/mol. The standard InChI is InChI=1S/C20H24ClNO4/c1-6-17(26-14-8-12(2)7-13(3)9-14)20(23)22-16-11-18(24-4)15(21)10-19(16)25-5/h7-11,17H,6H2,1-5H3,(H,22,23). The summed E-state index contributed by atoms with van der Waals surface area (Å²) in [7, 11) is 3.02. The number of benzene rings is 2. The summed E-state index contributed by atoms with van der Waals surface area (Å²) in [6.45, 7) is 5.88. The third-order valence-corrected chi connectivity index (χ3v) is 4.16. The van der Waals surface area contributed by atoms with Crippen LogP contribution in [0.4, 0.5) is 5.69 Å². The summed E-state index contributed by atoms with van der Waals surface area (Å²) in [5.41, 5.74) is 2.64. The maximum atomic E-state index is 12.7. The zero-order valence-corrected chi connectivity index (χ0v) is 16.4. The van der Waals surface area contributed by atoms with E-state index in [2.05, 4.69) is 11.4 Å². The average Bonchev–Trinajstić information content (AvgIpc) is 2.59. The molecule has 1 unspecified atom stereocenters. The number of carbonyl (C=O) groups is 1. The van der Waals surface area contributed by atoms with Gasteiger partial charge < -0.3 is 19.5 Å². The minimum Gasteiger partial charge on any atom is -0.495 e. The molecule has 0 aliphatic heterocycles. The molecule has 6 heteroatoms. The van der Waals surface area contributed by atoms with E-state index >= 15 is 0 Å². The molecule has 5 nitrogen and oxygen atoms in total. The van der Waals surface area contributed by atoms with Gasteiger partial charge in [-0.25, -0.2) is 0 Å². The molecule has 26 heavy (non-hydrogen) atoms. The molecule has 0 heterocycles.